The smallest absolute Gasteiger partial charge is 0.223 e. The molecule has 0 atom stereocenters. The lowest BCUT2D eigenvalue weighted by molar-refractivity contribution is -0.138. The summed E-state index contributed by atoms with van der Waals surface area (Å²) in [6.07, 6.45) is 8.43. The van der Waals surface area contributed by atoms with Crippen LogP contribution in [0.5, 0.6) is 0 Å². The molecule has 4 aliphatic carbocycles. The van der Waals surface area contributed by atoms with Gasteiger partial charge in [0.25, 0.3) is 0 Å². The highest BCUT2D eigenvalue weighted by molar-refractivity contribution is 5.79. The minimum absolute atomic E-state index is 0.123. The van der Waals surface area contributed by atoms with Gasteiger partial charge in [0.05, 0.1) is 6.61 Å². The Morgan fingerprint density at radius 2 is 1.57 bits per heavy atom. The molecule has 0 saturated heterocycles. The summed E-state index contributed by atoms with van der Waals surface area (Å²) in [6, 6.07) is 0. The van der Waals surface area contributed by atoms with Gasteiger partial charge in [0.1, 0.15) is 0 Å². The van der Waals surface area contributed by atoms with Gasteiger partial charge in [-0.3, -0.25) is 4.79 Å². The van der Waals surface area contributed by atoms with Crippen LogP contribution in [-0.2, 0) is 4.79 Å². The Balaban J connectivity index is 1.61. The monoisotopic (exact) mass is 293 g/mol. The van der Waals surface area contributed by atoms with E-state index in [2.05, 4.69) is 19.2 Å². The van der Waals surface area contributed by atoms with Crippen LogP contribution in [-0.4, -0.2) is 24.2 Å². The zero-order valence-electron chi connectivity index (χ0n) is 13.6. The van der Waals surface area contributed by atoms with Crippen molar-refractivity contribution in [1.29, 1.82) is 0 Å². The molecule has 0 radical (unpaired) electrons. The molecular weight excluding hydrogens is 262 g/mol. The van der Waals surface area contributed by atoms with Crippen LogP contribution in [0.3, 0.4) is 0 Å². The molecule has 0 aromatic rings. The predicted molar refractivity (Wildman–Crippen MR) is 83.6 cm³/mol. The summed E-state index contributed by atoms with van der Waals surface area (Å²) in [5.41, 5.74) is -0.123. The number of hydrogen-bond acceptors (Lipinski definition) is 2. The van der Waals surface area contributed by atoms with Crippen LogP contribution < -0.4 is 5.32 Å². The molecule has 0 heterocycles. The second-order valence-electron chi connectivity index (χ2n) is 8.04. The van der Waals surface area contributed by atoms with E-state index >= 15 is 0 Å². The third-order valence-electron chi connectivity index (χ3n) is 7.00. The summed E-state index contributed by atoms with van der Waals surface area (Å²) in [6.45, 7) is 5.02. The molecule has 4 bridgehead atoms. The van der Waals surface area contributed by atoms with E-state index in [4.69, 9.17) is 0 Å². The largest absolute Gasteiger partial charge is 0.396 e. The molecule has 0 aromatic carbocycles. The standard InChI is InChI=1S/C18H31NO2/c1-3-18(4-2,11-20)10-19-17(21)16-14-6-12-5-13(8-14)9-15(16)7-12/h12-16,20H,3-11H2,1-2H3,(H,19,21). The Kier molecular flexibility index (Phi) is 4.31. The molecule has 4 rings (SSSR count). The normalized spacial score (nSPS) is 37.8. The highest BCUT2D eigenvalue weighted by Gasteiger charge is 2.50. The Labute approximate surface area is 128 Å². The van der Waals surface area contributed by atoms with E-state index in [1.165, 1.54) is 32.1 Å². The third-order valence-corrected chi connectivity index (χ3v) is 7.00. The van der Waals surface area contributed by atoms with E-state index in [1.807, 2.05) is 0 Å². The molecule has 2 N–H and O–H groups in total. The third kappa shape index (κ3) is 2.74. The van der Waals surface area contributed by atoms with Gasteiger partial charge in [-0.1, -0.05) is 13.8 Å². The molecule has 3 heteroatoms. The van der Waals surface area contributed by atoms with Crippen molar-refractivity contribution >= 4 is 5.91 Å². The molecule has 3 nitrogen and oxygen atoms in total. The van der Waals surface area contributed by atoms with Crippen molar-refractivity contribution in [2.45, 2.75) is 58.8 Å². The van der Waals surface area contributed by atoms with Crippen LogP contribution >= 0.6 is 0 Å². The van der Waals surface area contributed by atoms with Gasteiger partial charge in [-0.15, -0.1) is 0 Å². The number of hydrogen-bond donors (Lipinski definition) is 2. The zero-order valence-corrected chi connectivity index (χ0v) is 13.6. The molecule has 4 fully saturated rings. The number of carbonyl (C=O) groups is 1. The summed E-state index contributed by atoms with van der Waals surface area (Å²) in [4.78, 5) is 12.7. The first-order chi connectivity index (χ1) is 10.1. The van der Waals surface area contributed by atoms with E-state index in [0.29, 0.717) is 18.4 Å². The van der Waals surface area contributed by atoms with Gasteiger partial charge in [-0.05, 0) is 68.6 Å². The van der Waals surface area contributed by atoms with Crippen molar-refractivity contribution in [3.05, 3.63) is 0 Å². The average Bonchev–Trinajstić information content (AvgIpc) is 2.48. The van der Waals surface area contributed by atoms with Gasteiger partial charge in [0.2, 0.25) is 5.91 Å². The van der Waals surface area contributed by atoms with Crippen molar-refractivity contribution in [3.63, 3.8) is 0 Å². The maximum absolute atomic E-state index is 12.7. The van der Waals surface area contributed by atoms with E-state index in [-0.39, 0.29) is 23.8 Å². The van der Waals surface area contributed by atoms with E-state index in [0.717, 1.165) is 24.7 Å². The fourth-order valence-electron chi connectivity index (χ4n) is 5.53. The molecule has 0 aromatic heterocycles. The number of aliphatic hydroxyl groups is 1. The van der Waals surface area contributed by atoms with Crippen molar-refractivity contribution < 1.29 is 9.90 Å². The summed E-state index contributed by atoms with van der Waals surface area (Å²) < 4.78 is 0. The SMILES string of the molecule is CCC(CC)(CO)CNC(=O)C1C2CC3CC(C2)CC1C3. The summed E-state index contributed by atoms with van der Waals surface area (Å²) in [5.74, 6) is 3.67. The number of rotatable bonds is 6. The Morgan fingerprint density at radius 1 is 1.05 bits per heavy atom. The maximum atomic E-state index is 12.7. The fraction of sp³-hybridized carbons (Fsp3) is 0.944. The van der Waals surface area contributed by atoms with Crippen molar-refractivity contribution in [1.82, 2.24) is 5.32 Å². The summed E-state index contributed by atoms with van der Waals surface area (Å²) in [7, 11) is 0. The number of nitrogens with one attached hydrogen (secondary N) is 1. The first kappa shape index (κ1) is 15.3. The highest BCUT2D eigenvalue weighted by Crippen LogP contribution is 2.56. The van der Waals surface area contributed by atoms with Gasteiger partial charge in [0.15, 0.2) is 0 Å². The topological polar surface area (TPSA) is 49.3 Å². The lowest BCUT2D eigenvalue weighted by Crippen LogP contribution is -2.52. The molecule has 0 aliphatic heterocycles. The molecule has 0 unspecified atom stereocenters. The van der Waals surface area contributed by atoms with Gasteiger partial charge in [-0.2, -0.15) is 0 Å². The van der Waals surface area contributed by atoms with Crippen molar-refractivity contribution in [2.24, 2.45) is 35.0 Å². The quantitative estimate of drug-likeness (QED) is 0.791. The van der Waals surface area contributed by atoms with Crippen molar-refractivity contribution in [3.8, 4) is 0 Å². The number of amides is 1. The van der Waals surface area contributed by atoms with Crippen LogP contribution in [0.4, 0.5) is 0 Å². The van der Waals surface area contributed by atoms with Gasteiger partial charge in [-0.25, -0.2) is 0 Å². The highest BCUT2D eigenvalue weighted by atomic mass is 16.3. The van der Waals surface area contributed by atoms with Gasteiger partial charge < -0.3 is 10.4 Å². The minimum atomic E-state index is -0.123. The molecule has 1 amide bonds. The van der Waals surface area contributed by atoms with E-state index < -0.39 is 0 Å². The molecule has 4 saturated carbocycles. The second-order valence-corrected chi connectivity index (χ2v) is 8.04. The zero-order chi connectivity index (χ0) is 15.0. The fourth-order valence-corrected chi connectivity index (χ4v) is 5.53. The van der Waals surface area contributed by atoms with E-state index in [9.17, 15) is 9.90 Å². The van der Waals surface area contributed by atoms with Crippen LogP contribution in [0, 0.1) is 35.0 Å². The Hall–Kier alpha value is -0.570. The van der Waals surface area contributed by atoms with Crippen LogP contribution in [0.25, 0.3) is 0 Å². The summed E-state index contributed by atoms with van der Waals surface area (Å²) in [5, 5.41) is 12.9. The summed E-state index contributed by atoms with van der Waals surface area (Å²) >= 11 is 0. The second kappa shape index (κ2) is 5.91. The molecule has 21 heavy (non-hydrogen) atoms. The average molecular weight is 293 g/mol. The van der Waals surface area contributed by atoms with Gasteiger partial charge in [0, 0.05) is 17.9 Å². The predicted octanol–water partition coefficient (Wildman–Crippen LogP) is 2.97. The van der Waals surface area contributed by atoms with Crippen molar-refractivity contribution in [2.75, 3.05) is 13.2 Å². The number of carbonyl (C=O) groups excluding carboxylic acids is 1. The molecule has 0 spiro atoms. The van der Waals surface area contributed by atoms with Crippen LogP contribution in [0.1, 0.15) is 58.8 Å². The molecule has 120 valence electrons. The van der Waals surface area contributed by atoms with Crippen LogP contribution in [0.2, 0.25) is 0 Å². The number of aliphatic hydroxyl groups excluding tert-OH is 1. The minimum Gasteiger partial charge on any atom is -0.396 e. The molecule has 4 aliphatic rings. The lowest BCUT2D eigenvalue weighted by atomic mass is 9.51. The van der Waals surface area contributed by atoms with Crippen LogP contribution in [0.15, 0.2) is 0 Å². The maximum Gasteiger partial charge on any atom is 0.223 e. The Morgan fingerprint density at radius 3 is 2.00 bits per heavy atom. The van der Waals surface area contributed by atoms with E-state index in [1.54, 1.807) is 0 Å². The lowest BCUT2D eigenvalue weighted by Gasteiger charge is -2.53. The first-order valence-electron chi connectivity index (χ1n) is 8.99. The first-order valence-corrected chi connectivity index (χ1v) is 8.99. The Bertz CT molecular complexity index is 352. The van der Waals surface area contributed by atoms with Gasteiger partial charge >= 0.3 is 0 Å². The molecular formula is C18H31NO2.